The molecule has 0 aliphatic heterocycles. The van der Waals surface area contributed by atoms with Crippen LogP contribution < -0.4 is 4.74 Å². The van der Waals surface area contributed by atoms with Crippen molar-refractivity contribution < 1.29 is 9.84 Å². The summed E-state index contributed by atoms with van der Waals surface area (Å²) in [5.74, 6) is 1.71. The number of nitrogens with zero attached hydrogens (tertiary/aromatic N) is 1. The summed E-state index contributed by atoms with van der Waals surface area (Å²) in [6, 6.07) is 0. The monoisotopic (exact) mass is 291 g/mol. The fraction of sp³-hybridized carbons (Fsp3) is 0.722. The molecule has 3 nitrogen and oxygen atoms in total. The van der Waals surface area contributed by atoms with Crippen LogP contribution in [0.4, 0.5) is 0 Å². The van der Waals surface area contributed by atoms with Crippen LogP contribution in [0.1, 0.15) is 62.3 Å². The zero-order valence-corrected chi connectivity index (χ0v) is 13.9. The first-order valence-corrected chi connectivity index (χ1v) is 8.20. The Morgan fingerprint density at radius 1 is 1.33 bits per heavy atom. The lowest BCUT2D eigenvalue weighted by molar-refractivity contribution is -0.0108. The van der Waals surface area contributed by atoms with Crippen molar-refractivity contribution in [1.29, 1.82) is 0 Å². The highest BCUT2D eigenvalue weighted by atomic mass is 16.5. The summed E-state index contributed by atoms with van der Waals surface area (Å²) in [6.45, 7) is 6.29. The molecule has 0 radical (unpaired) electrons. The van der Waals surface area contributed by atoms with E-state index < -0.39 is 5.60 Å². The largest absolute Gasteiger partial charge is 0.496 e. The predicted octanol–water partition coefficient (Wildman–Crippen LogP) is 3.97. The maximum absolute atomic E-state index is 10.9. The summed E-state index contributed by atoms with van der Waals surface area (Å²) in [4.78, 5) is 4.54. The normalized spacial score (nSPS) is 25.9. The molecule has 1 saturated carbocycles. The van der Waals surface area contributed by atoms with Gasteiger partial charge in [0.25, 0.3) is 0 Å². The van der Waals surface area contributed by atoms with Crippen LogP contribution >= 0.6 is 0 Å². The third kappa shape index (κ3) is 3.76. The Morgan fingerprint density at radius 2 is 2.00 bits per heavy atom. The van der Waals surface area contributed by atoms with Gasteiger partial charge in [-0.05, 0) is 45.4 Å². The van der Waals surface area contributed by atoms with E-state index in [1.807, 2.05) is 20.0 Å². The topological polar surface area (TPSA) is 42.4 Å². The van der Waals surface area contributed by atoms with E-state index in [1.165, 1.54) is 12.8 Å². The van der Waals surface area contributed by atoms with E-state index in [4.69, 9.17) is 4.74 Å². The molecular weight excluding hydrogens is 262 g/mol. The Bertz CT molecular complexity index is 476. The first-order chi connectivity index (χ1) is 9.99. The highest BCUT2D eigenvalue weighted by molar-refractivity contribution is 5.41. The first-order valence-electron chi connectivity index (χ1n) is 8.20. The number of pyridine rings is 1. The maximum atomic E-state index is 10.9. The molecule has 21 heavy (non-hydrogen) atoms. The molecule has 0 saturated heterocycles. The number of hydrogen-bond acceptors (Lipinski definition) is 3. The van der Waals surface area contributed by atoms with Crippen molar-refractivity contribution in [2.24, 2.45) is 5.92 Å². The van der Waals surface area contributed by atoms with E-state index >= 15 is 0 Å². The molecule has 1 aliphatic rings. The molecule has 0 amide bonds. The Hall–Kier alpha value is -1.09. The molecular formula is C18H29NO2. The van der Waals surface area contributed by atoms with Gasteiger partial charge in [-0.25, -0.2) is 0 Å². The number of aryl methyl sites for hydroxylation is 1. The van der Waals surface area contributed by atoms with E-state index in [0.29, 0.717) is 6.42 Å². The minimum Gasteiger partial charge on any atom is -0.496 e. The number of methoxy groups -OCH3 is 1. The molecule has 1 aromatic rings. The second kappa shape index (κ2) is 6.78. The van der Waals surface area contributed by atoms with Crippen molar-refractivity contribution >= 4 is 0 Å². The van der Waals surface area contributed by atoms with E-state index in [1.54, 1.807) is 7.11 Å². The van der Waals surface area contributed by atoms with E-state index in [9.17, 15) is 5.11 Å². The SMILES string of the molecule is CCCC1CCC(O)(Cc2ncc(C)c(OC)c2C)CC1. The Kier molecular flexibility index (Phi) is 5.26. The first kappa shape index (κ1) is 16.3. The molecule has 0 spiro atoms. The minimum absolute atomic E-state index is 0.581. The molecule has 0 aromatic carbocycles. The average molecular weight is 291 g/mol. The molecule has 1 fully saturated rings. The van der Waals surface area contributed by atoms with Gasteiger partial charge in [0.1, 0.15) is 5.75 Å². The van der Waals surface area contributed by atoms with Gasteiger partial charge in [-0.1, -0.05) is 19.8 Å². The second-order valence-electron chi connectivity index (χ2n) is 6.68. The maximum Gasteiger partial charge on any atom is 0.128 e. The molecule has 0 atom stereocenters. The van der Waals surface area contributed by atoms with Crippen molar-refractivity contribution in [3.63, 3.8) is 0 Å². The zero-order valence-electron chi connectivity index (χ0n) is 13.9. The summed E-state index contributed by atoms with van der Waals surface area (Å²) in [5.41, 5.74) is 2.52. The van der Waals surface area contributed by atoms with Crippen LogP contribution in [0.5, 0.6) is 5.75 Å². The van der Waals surface area contributed by atoms with Gasteiger partial charge in [0.2, 0.25) is 0 Å². The molecule has 3 heteroatoms. The van der Waals surface area contributed by atoms with Crippen molar-refractivity contribution in [3.05, 3.63) is 23.0 Å². The van der Waals surface area contributed by atoms with Crippen LogP contribution in [0, 0.1) is 19.8 Å². The van der Waals surface area contributed by atoms with Crippen LogP contribution in [0.2, 0.25) is 0 Å². The van der Waals surface area contributed by atoms with Gasteiger partial charge in [-0.2, -0.15) is 0 Å². The van der Waals surface area contributed by atoms with Crippen molar-refractivity contribution in [1.82, 2.24) is 4.98 Å². The summed E-state index contributed by atoms with van der Waals surface area (Å²) in [5, 5.41) is 10.9. The minimum atomic E-state index is -0.581. The summed E-state index contributed by atoms with van der Waals surface area (Å²) >= 11 is 0. The molecule has 1 aliphatic carbocycles. The molecule has 118 valence electrons. The van der Waals surface area contributed by atoms with Crippen molar-refractivity contribution in [2.45, 2.75) is 71.3 Å². The Labute approximate surface area is 128 Å². The third-order valence-electron chi connectivity index (χ3n) is 4.98. The molecule has 1 N–H and O–H groups in total. The lowest BCUT2D eigenvalue weighted by Crippen LogP contribution is -2.36. The van der Waals surface area contributed by atoms with E-state index in [2.05, 4.69) is 11.9 Å². The number of rotatable bonds is 5. The fourth-order valence-electron chi connectivity index (χ4n) is 3.65. The van der Waals surface area contributed by atoms with Gasteiger partial charge in [0, 0.05) is 29.4 Å². The van der Waals surface area contributed by atoms with Crippen LogP contribution in [0.3, 0.4) is 0 Å². The van der Waals surface area contributed by atoms with E-state index in [-0.39, 0.29) is 0 Å². The van der Waals surface area contributed by atoms with Crippen LogP contribution in [0.15, 0.2) is 6.20 Å². The lowest BCUT2D eigenvalue weighted by Gasteiger charge is -2.36. The highest BCUT2D eigenvalue weighted by Gasteiger charge is 2.34. The number of aromatic nitrogens is 1. The van der Waals surface area contributed by atoms with Gasteiger partial charge < -0.3 is 9.84 Å². The van der Waals surface area contributed by atoms with Crippen LogP contribution in [-0.2, 0) is 6.42 Å². The van der Waals surface area contributed by atoms with Crippen LogP contribution in [-0.4, -0.2) is 22.8 Å². The quantitative estimate of drug-likeness (QED) is 0.892. The third-order valence-corrected chi connectivity index (χ3v) is 4.98. The molecule has 1 heterocycles. The molecule has 0 bridgehead atoms. The van der Waals surface area contributed by atoms with Gasteiger partial charge >= 0.3 is 0 Å². The average Bonchev–Trinajstić information content (AvgIpc) is 2.46. The molecule has 1 aromatic heterocycles. The van der Waals surface area contributed by atoms with Gasteiger partial charge in [-0.15, -0.1) is 0 Å². The summed E-state index contributed by atoms with van der Waals surface area (Å²) < 4.78 is 5.47. The smallest absolute Gasteiger partial charge is 0.128 e. The van der Waals surface area contributed by atoms with Gasteiger partial charge in [0.05, 0.1) is 12.7 Å². The standard InChI is InChI=1S/C18H29NO2/c1-5-6-15-7-9-18(20,10-8-15)11-16-14(3)17(21-4)13(2)12-19-16/h12,15,20H,5-11H2,1-4H3. The van der Waals surface area contributed by atoms with E-state index in [0.717, 1.165) is 54.2 Å². The summed E-state index contributed by atoms with van der Waals surface area (Å²) in [7, 11) is 1.70. The zero-order chi connectivity index (χ0) is 15.5. The summed E-state index contributed by atoms with van der Waals surface area (Å²) in [6.07, 6.45) is 9.13. The Morgan fingerprint density at radius 3 is 2.57 bits per heavy atom. The van der Waals surface area contributed by atoms with Crippen molar-refractivity contribution in [2.75, 3.05) is 7.11 Å². The molecule has 0 unspecified atom stereocenters. The number of ether oxygens (including phenoxy) is 1. The predicted molar refractivity (Wildman–Crippen MR) is 85.8 cm³/mol. The second-order valence-corrected chi connectivity index (χ2v) is 6.68. The lowest BCUT2D eigenvalue weighted by atomic mass is 9.75. The van der Waals surface area contributed by atoms with Crippen molar-refractivity contribution in [3.8, 4) is 5.75 Å². The van der Waals surface area contributed by atoms with Gasteiger partial charge in [-0.3, -0.25) is 4.98 Å². The number of hydrogen-bond donors (Lipinski definition) is 1. The van der Waals surface area contributed by atoms with Gasteiger partial charge in [0.15, 0.2) is 0 Å². The fourth-order valence-corrected chi connectivity index (χ4v) is 3.65. The highest BCUT2D eigenvalue weighted by Crippen LogP contribution is 2.37. The molecule has 2 rings (SSSR count). The number of aliphatic hydroxyl groups is 1. The Balaban J connectivity index is 2.08. The van der Waals surface area contributed by atoms with Crippen LogP contribution in [0.25, 0.3) is 0 Å².